The van der Waals surface area contributed by atoms with E-state index in [0.717, 1.165) is 34.3 Å². The maximum absolute atomic E-state index is 12.9. The van der Waals surface area contributed by atoms with Gasteiger partial charge >= 0.3 is 0 Å². The maximum Gasteiger partial charge on any atom is 0.243 e. The van der Waals surface area contributed by atoms with Crippen molar-refractivity contribution in [2.75, 3.05) is 6.54 Å². The molecule has 1 amide bonds. The van der Waals surface area contributed by atoms with Crippen LogP contribution in [0.25, 0.3) is 10.9 Å². The van der Waals surface area contributed by atoms with Crippen molar-refractivity contribution in [2.24, 2.45) is 0 Å². The summed E-state index contributed by atoms with van der Waals surface area (Å²) in [5.74, 6) is -0.0294. The van der Waals surface area contributed by atoms with Crippen LogP contribution in [0.2, 0.25) is 0 Å². The fourth-order valence-electron chi connectivity index (χ4n) is 3.62. The van der Waals surface area contributed by atoms with Crippen LogP contribution in [0, 0.1) is 13.8 Å². The Morgan fingerprint density at radius 3 is 2.63 bits per heavy atom. The fraction of sp³-hybridized carbons (Fsp3) is 0.381. The van der Waals surface area contributed by atoms with Gasteiger partial charge in [-0.2, -0.15) is 5.10 Å². The summed E-state index contributed by atoms with van der Waals surface area (Å²) in [7, 11) is 0. The number of hydrogen-bond acceptors (Lipinski definition) is 3. The first-order valence-corrected chi connectivity index (χ1v) is 9.32. The maximum atomic E-state index is 12.9. The number of carbonyl (C=O) groups is 2. The first-order chi connectivity index (χ1) is 12.9. The van der Waals surface area contributed by atoms with Crippen LogP contribution in [0.5, 0.6) is 0 Å². The van der Waals surface area contributed by atoms with Crippen molar-refractivity contribution in [3.8, 4) is 0 Å². The molecule has 3 aromatic rings. The van der Waals surface area contributed by atoms with E-state index in [1.807, 2.05) is 55.8 Å². The molecule has 0 saturated carbocycles. The van der Waals surface area contributed by atoms with E-state index in [0.29, 0.717) is 18.5 Å². The van der Waals surface area contributed by atoms with Gasteiger partial charge in [-0.1, -0.05) is 25.1 Å². The normalized spacial score (nSPS) is 12.3. The third-order valence-electron chi connectivity index (χ3n) is 5.10. The molecule has 1 atom stereocenters. The molecule has 6 nitrogen and oxygen atoms in total. The smallest absolute Gasteiger partial charge is 0.243 e. The molecule has 142 valence electrons. The Morgan fingerprint density at radius 1 is 1.26 bits per heavy atom. The molecule has 3 rings (SSSR count). The molecule has 6 heteroatoms. The SMILES string of the molecule is CC[C@@H](C(=O)NCCc1c(C)n[nH]c1C)n1cc(C(C)=O)c2ccccc21. The van der Waals surface area contributed by atoms with Crippen LogP contribution < -0.4 is 5.32 Å². The summed E-state index contributed by atoms with van der Waals surface area (Å²) in [5.41, 5.74) is 4.72. The first kappa shape index (κ1) is 18.9. The number of ketones is 1. The largest absolute Gasteiger partial charge is 0.354 e. The highest BCUT2D eigenvalue weighted by atomic mass is 16.2. The third-order valence-corrected chi connectivity index (χ3v) is 5.10. The minimum absolute atomic E-state index is 0.00567. The number of benzene rings is 1. The highest BCUT2D eigenvalue weighted by Crippen LogP contribution is 2.26. The van der Waals surface area contributed by atoms with Crippen molar-refractivity contribution in [3.05, 3.63) is 53.0 Å². The second kappa shape index (κ2) is 7.78. The van der Waals surface area contributed by atoms with E-state index < -0.39 is 0 Å². The third kappa shape index (κ3) is 3.65. The number of fused-ring (bicyclic) bond motifs is 1. The highest BCUT2D eigenvalue weighted by molar-refractivity contribution is 6.07. The number of H-pyrrole nitrogens is 1. The molecule has 1 aromatic carbocycles. The lowest BCUT2D eigenvalue weighted by molar-refractivity contribution is -0.124. The first-order valence-electron chi connectivity index (χ1n) is 9.32. The topological polar surface area (TPSA) is 79.8 Å². The second-order valence-corrected chi connectivity index (χ2v) is 6.90. The van der Waals surface area contributed by atoms with Gasteiger partial charge in [-0.3, -0.25) is 14.7 Å². The Labute approximate surface area is 159 Å². The van der Waals surface area contributed by atoms with Gasteiger partial charge in [-0.05, 0) is 45.2 Å². The highest BCUT2D eigenvalue weighted by Gasteiger charge is 2.22. The number of amides is 1. The van der Waals surface area contributed by atoms with E-state index in [2.05, 4.69) is 15.5 Å². The van der Waals surface area contributed by atoms with Gasteiger partial charge in [-0.15, -0.1) is 0 Å². The van der Waals surface area contributed by atoms with Crippen LogP contribution in [0.15, 0.2) is 30.5 Å². The zero-order chi connectivity index (χ0) is 19.6. The summed E-state index contributed by atoms with van der Waals surface area (Å²) in [4.78, 5) is 24.9. The van der Waals surface area contributed by atoms with Crippen molar-refractivity contribution in [3.63, 3.8) is 0 Å². The summed E-state index contributed by atoms with van der Waals surface area (Å²) in [6.45, 7) is 8.04. The predicted molar refractivity (Wildman–Crippen MR) is 106 cm³/mol. The number of rotatable bonds is 7. The number of carbonyl (C=O) groups excluding carboxylic acids is 2. The van der Waals surface area contributed by atoms with Gasteiger partial charge in [0.1, 0.15) is 6.04 Å². The molecule has 0 radical (unpaired) electrons. The number of nitrogens with one attached hydrogen (secondary N) is 2. The van der Waals surface area contributed by atoms with Crippen molar-refractivity contribution < 1.29 is 9.59 Å². The minimum Gasteiger partial charge on any atom is -0.354 e. The standard InChI is InChI=1S/C21H26N4O2/c1-5-19(21(27)22-11-10-16-13(2)23-24-14(16)3)25-12-18(15(4)26)17-8-6-7-9-20(17)25/h6-9,12,19H,5,10-11H2,1-4H3,(H,22,27)(H,23,24)/t19-/m0/s1. The van der Waals surface area contributed by atoms with Crippen LogP contribution in [-0.2, 0) is 11.2 Å². The van der Waals surface area contributed by atoms with Gasteiger partial charge in [0.25, 0.3) is 0 Å². The summed E-state index contributed by atoms with van der Waals surface area (Å²) in [5, 5.41) is 11.1. The molecule has 0 bridgehead atoms. The van der Waals surface area contributed by atoms with Gasteiger partial charge < -0.3 is 9.88 Å². The number of aryl methyl sites for hydroxylation is 2. The van der Waals surface area contributed by atoms with Gasteiger partial charge in [0.2, 0.25) is 5.91 Å². The number of nitrogens with zero attached hydrogens (tertiary/aromatic N) is 2. The molecule has 0 spiro atoms. The van der Waals surface area contributed by atoms with Crippen LogP contribution in [-0.4, -0.2) is 33.0 Å². The van der Waals surface area contributed by atoms with Crippen molar-refractivity contribution in [1.29, 1.82) is 0 Å². The zero-order valence-corrected chi connectivity index (χ0v) is 16.3. The molecule has 0 aliphatic carbocycles. The average molecular weight is 366 g/mol. The van der Waals surface area contributed by atoms with Crippen LogP contribution >= 0.6 is 0 Å². The predicted octanol–water partition coefficient (Wildman–Crippen LogP) is 3.49. The van der Waals surface area contributed by atoms with E-state index >= 15 is 0 Å². The van der Waals surface area contributed by atoms with Crippen LogP contribution in [0.1, 0.15) is 53.6 Å². The molecule has 0 aliphatic heterocycles. The van der Waals surface area contributed by atoms with Gasteiger partial charge in [-0.25, -0.2) is 0 Å². The lowest BCUT2D eigenvalue weighted by Crippen LogP contribution is -2.33. The van der Waals surface area contributed by atoms with Gasteiger partial charge in [0.15, 0.2) is 5.78 Å². The molecule has 0 unspecified atom stereocenters. The van der Waals surface area contributed by atoms with Crippen molar-refractivity contribution in [1.82, 2.24) is 20.1 Å². The summed E-state index contributed by atoms with van der Waals surface area (Å²) in [6.07, 6.45) is 3.19. The molecule has 0 aliphatic rings. The number of hydrogen-bond donors (Lipinski definition) is 2. The summed E-state index contributed by atoms with van der Waals surface area (Å²) >= 11 is 0. The summed E-state index contributed by atoms with van der Waals surface area (Å²) in [6, 6.07) is 7.37. The van der Waals surface area contributed by atoms with E-state index in [4.69, 9.17) is 0 Å². The Morgan fingerprint density at radius 2 is 2.00 bits per heavy atom. The second-order valence-electron chi connectivity index (χ2n) is 6.90. The Balaban J connectivity index is 1.79. The fourth-order valence-corrected chi connectivity index (χ4v) is 3.62. The average Bonchev–Trinajstić information content (AvgIpc) is 3.18. The van der Waals surface area contributed by atoms with E-state index in [9.17, 15) is 9.59 Å². The molecule has 2 heterocycles. The summed E-state index contributed by atoms with van der Waals surface area (Å²) < 4.78 is 1.93. The number of Topliss-reactive ketones (excluding diaryl/α,β-unsaturated/α-hetero) is 1. The molecule has 2 aromatic heterocycles. The van der Waals surface area contributed by atoms with Gasteiger partial charge in [0.05, 0.1) is 5.69 Å². The lowest BCUT2D eigenvalue weighted by atomic mass is 10.1. The number of aromatic nitrogens is 3. The Hall–Kier alpha value is -2.89. The zero-order valence-electron chi connectivity index (χ0n) is 16.3. The molecular weight excluding hydrogens is 340 g/mol. The molecule has 27 heavy (non-hydrogen) atoms. The van der Waals surface area contributed by atoms with Crippen molar-refractivity contribution >= 4 is 22.6 Å². The quantitative estimate of drug-likeness (QED) is 0.628. The molecular formula is C21H26N4O2. The monoisotopic (exact) mass is 366 g/mol. The Kier molecular flexibility index (Phi) is 5.44. The molecule has 2 N–H and O–H groups in total. The van der Waals surface area contributed by atoms with E-state index in [-0.39, 0.29) is 17.7 Å². The van der Waals surface area contributed by atoms with E-state index in [1.165, 1.54) is 0 Å². The Bertz CT molecular complexity index is 964. The lowest BCUT2D eigenvalue weighted by Gasteiger charge is -2.18. The van der Waals surface area contributed by atoms with Gasteiger partial charge in [0, 0.05) is 34.9 Å². The van der Waals surface area contributed by atoms with Crippen molar-refractivity contribution in [2.45, 2.75) is 46.6 Å². The molecule has 0 saturated heterocycles. The van der Waals surface area contributed by atoms with Crippen LogP contribution in [0.3, 0.4) is 0 Å². The number of para-hydroxylation sites is 1. The van der Waals surface area contributed by atoms with E-state index in [1.54, 1.807) is 6.92 Å². The molecule has 0 fully saturated rings. The number of aromatic amines is 1. The van der Waals surface area contributed by atoms with Crippen LogP contribution in [0.4, 0.5) is 0 Å². The minimum atomic E-state index is -0.352.